The zero-order valence-corrected chi connectivity index (χ0v) is 12.3. The average Bonchev–Trinajstić information content (AvgIpc) is 2.84. The van der Waals surface area contributed by atoms with Crippen LogP contribution in [0.3, 0.4) is 0 Å². The van der Waals surface area contributed by atoms with Crippen LogP contribution in [0.15, 0.2) is 41.1 Å². The molecular formula is C14H7BrClFN2O. The molecule has 2 aromatic heterocycles. The van der Waals surface area contributed by atoms with Crippen LogP contribution < -0.4 is 0 Å². The van der Waals surface area contributed by atoms with Crippen LogP contribution in [-0.2, 0) is 0 Å². The maximum absolute atomic E-state index is 13.1. The summed E-state index contributed by atoms with van der Waals surface area (Å²) in [5.74, 6) is -0.787. The molecule has 20 heavy (non-hydrogen) atoms. The van der Waals surface area contributed by atoms with Crippen molar-refractivity contribution < 1.29 is 9.18 Å². The lowest BCUT2D eigenvalue weighted by Gasteiger charge is -2.01. The smallest absolute Gasteiger partial charge is 0.195 e. The number of nitrogens with zero attached hydrogens (tertiary/aromatic N) is 1. The van der Waals surface area contributed by atoms with E-state index >= 15 is 0 Å². The lowest BCUT2D eigenvalue weighted by molar-refractivity contribution is 0.104. The number of hydrogen-bond acceptors (Lipinski definition) is 2. The Hall–Kier alpha value is -1.72. The molecule has 0 amide bonds. The van der Waals surface area contributed by atoms with E-state index in [2.05, 4.69) is 25.9 Å². The molecule has 3 rings (SSSR count). The molecule has 1 N–H and O–H groups in total. The number of H-pyrrole nitrogens is 1. The number of fused-ring (bicyclic) bond motifs is 1. The van der Waals surface area contributed by atoms with Crippen molar-refractivity contribution in [1.29, 1.82) is 0 Å². The second-order valence-electron chi connectivity index (χ2n) is 4.21. The minimum atomic E-state index is -0.549. The maximum Gasteiger partial charge on any atom is 0.195 e. The zero-order chi connectivity index (χ0) is 14.3. The predicted octanol–water partition coefficient (Wildman–Crippen LogP) is 4.35. The third-order valence-electron chi connectivity index (χ3n) is 2.92. The molecule has 0 bridgehead atoms. The molecule has 0 saturated carbocycles. The van der Waals surface area contributed by atoms with Gasteiger partial charge in [0, 0.05) is 33.4 Å². The molecule has 3 nitrogen and oxygen atoms in total. The Bertz CT molecular complexity index is 831. The van der Waals surface area contributed by atoms with Gasteiger partial charge in [0.05, 0.1) is 5.02 Å². The minimum Gasteiger partial charge on any atom is -0.345 e. The van der Waals surface area contributed by atoms with Gasteiger partial charge in [0.25, 0.3) is 0 Å². The number of rotatable bonds is 2. The number of nitrogens with one attached hydrogen (secondary N) is 1. The van der Waals surface area contributed by atoms with Crippen molar-refractivity contribution in [1.82, 2.24) is 9.97 Å². The molecule has 0 aliphatic heterocycles. The Kier molecular flexibility index (Phi) is 3.31. The Morgan fingerprint density at radius 1 is 1.35 bits per heavy atom. The lowest BCUT2D eigenvalue weighted by Crippen LogP contribution is -2.00. The summed E-state index contributed by atoms with van der Waals surface area (Å²) in [5.41, 5.74) is 1.42. The number of carbonyl (C=O) groups excluding carboxylic acids is 1. The number of ketones is 1. The molecular weight excluding hydrogens is 347 g/mol. The number of carbonyl (C=O) groups is 1. The first-order chi connectivity index (χ1) is 9.56. The van der Waals surface area contributed by atoms with E-state index in [1.54, 1.807) is 18.5 Å². The summed E-state index contributed by atoms with van der Waals surface area (Å²) in [6.45, 7) is 0. The van der Waals surface area contributed by atoms with E-state index in [4.69, 9.17) is 11.6 Å². The number of aromatic amines is 1. The molecule has 0 radical (unpaired) electrons. The van der Waals surface area contributed by atoms with Crippen molar-refractivity contribution in [3.8, 4) is 0 Å². The highest BCUT2D eigenvalue weighted by Crippen LogP contribution is 2.24. The fourth-order valence-electron chi connectivity index (χ4n) is 1.96. The van der Waals surface area contributed by atoms with Gasteiger partial charge in [-0.15, -0.1) is 0 Å². The standard InChI is InChI=1S/C14H7BrClFN2O/c15-8-4-9-10(6-19-14(9)18-5-8)13(20)7-1-2-12(17)11(16)3-7/h1-6H,(H,18,19). The fourth-order valence-corrected chi connectivity index (χ4v) is 2.47. The SMILES string of the molecule is O=C(c1ccc(F)c(Cl)c1)c1c[nH]c2ncc(Br)cc12. The fraction of sp³-hybridized carbons (Fsp3) is 0. The quantitative estimate of drug-likeness (QED) is 0.696. The van der Waals surface area contributed by atoms with Gasteiger partial charge in [0.1, 0.15) is 11.5 Å². The van der Waals surface area contributed by atoms with Gasteiger partial charge >= 0.3 is 0 Å². The highest BCUT2D eigenvalue weighted by Gasteiger charge is 2.16. The molecule has 0 saturated heterocycles. The number of benzene rings is 1. The van der Waals surface area contributed by atoms with Crippen LogP contribution in [0.25, 0.3) is 11.0 Å². The first-order valence-corrected chi connectivity index (χ1v) is 6.86. The molecule has 0 atom stereocenters. The number of halogens is 3. The van der Waals surface area contributed by atoms with Gasteiger partial charge in [0.15, 0.2) is 5.78 Å². The topological polar surface area (TPSA) is 45.8 Å². The third-order valence-corrected chi connectivity index (χ3v) is 3.65. The Balaban J connectivity index is 2.12. The normalized spacial score (nSPS) is 10.9. The molecule has 0 fully saturated rings. The van der Waals surface area contributed by atoms with Crippen molar-refractivity contribution in [2.75, 3.05) is 0 Å². The van der Waals surface area contributed by atoms with Crippen molar-refractivity contribution in [2.45, 2.75) is 0 Å². The van der Waals surface area contributed by atoms with Gasteiger partial charge in [-0.25, -0.2) is 9.37 Å². The molecule has 3 aromatic rings. The maximum atomic E-state index is 13.1. The summed E-state index contributed by atoms with van der Waals surface area (Å²) in [5, 5.41) is 0.625. The molecule has 1 aromatic carbocycles. The van der Waals surface area contributed by atoms with Crippen LogP contribution in [0.2, 0.25) is 5.02 Å². The first kappa shape index (κ1) is 13.3. The Labute approximate surface area is 126 Å². The first-order valence-electron chi connectivity index (χ1n) is 5.68. The van der Waals surface area contributed by atoms with Crippen LogP contribution >= 0.6 is 27.5 Å². The van der Waals surface area contributed by atoms with Crippen molar-refractivity contribution in [3.63, 3.8) is 0 Å². The van der Waals surface area contributed by atoms with E-state index in [9.17, 15) is 9.18 Å². The minimum absolute atomic E-state index is 0.0741. The highest BCUT2D eigenvalue weighted by atomic mass is 79.9. The van der Waals surface area contributed by atoms with Crippen molar-refractivity contribution in [2.24, 2.45) is 0 Å². The van der Waals surface area contributed by atoms with Crippen LogP contribution in [0.1, 0.15) is 15.9 Å². The number of pyridine rings is 1. The van der Waals surface area contributed by atoms with Crippen molar-refractivity contribution in [3.05, 3.63) is 63.1 Å². The van der Waals surface area contributed by atoms with E-state index in [-0.39, 0.29) is 10.8 Å². The Morgan fingerprint density at radius 3 is 2.90 bits per heavy atom. The summed E-state index contributed by atoms with van der Waals surface area (Å²) in [6.07, 6.45) is 3.23. The number of hydrogen-bond donors (Lipinski definition) is 1. The van der Waals surface area contributed by atoms with Gasteiger partial charge < -0.3 is 4.98 Å². The van der Waals surface area contributed by atoms with E-state index in [0.29, 0.717) is 22.2 Å². The summed E-state index contributed by atoms with van der Waals surface area (Å²) >= 11 is 9.03. The molecule has 100 valence electrons. The van der Waals surface area contributed by atoms with E-state index in [1.807, 2.05) is 0 Å². The van der Waals surface area contributed by atoms with Crippen LogP contribution in [-0.4, -0.2) is 15.8 Å². The van der Waals surface area contributed by atoms with E-state index < -0.39 is 5.82 Å². The second kappa shape index (κ2) is 5.00. The van der Waals surface area contributed by atoms with Crippen LogP contribution in [0.5, 0.6) is 0 Å². The average molecular weight is 354 g/mol. The molecule has 0 aliphatic rings. The monoisotopic (exact) mass is 352 g/mol. The van der Waals surface area contributed by atoms with Crippen LogP contribution in [0.4, 0.5) is 4.39 Å². The molecule has 2 heterocycles. The van der Waals surface area contributed by atoms with Gasteiger partial charge in [-0.1, -0.05) is 11.6 Å². The largest absolute Gasteiger partial charge is 0.345 e. The molecule has 6 heteroatoms. The molecule has 0 unspecified atom stereocenters. The predicted molar refractivity (Wildman–Crippen MR) is 78.6 cm³/mol. The second-order valence-corrected chi connectivity index (χ2v) is 5.53. The summed E-state index contributed by atoms with van der Waals surface area (Å²) < 4.78 is 13.9. The van der Waals surface area contributed by atoms with E-state index in [1.165, 1.54) is 18.2 Å². The van der Waals surface area contributed by atoms with Gasteiger partial charge in [0.2, 0.25) is 0 Å². The van der Waals surface area contributed by atoms with Gasteiger partial charge in [-0.2, -0.15) is 0 Å². The van der Waals surface area contributed by atoms with Gasteiger partial charge in [-0.05, 0) is 40.2 Å². The van der Waals surface area contributed by atoms with Crippen LogP contribution in [0, 0.1) is 5.82 Å². The molecule has 0 aliphatic carbocycles. The van der Waals surface area contributed by atoms with E-state index in [0.717, 1.165) is 4.47 Å². The Morgan fingerprint density at radius 2 is 2.15 bits per heavy atom. The summed E-state index contributed by atoms with van der Waals surface area (Å²) in [4.78, 5) is 19.6. The summed E-state index contributed by atoms with van der Waals surface area (Å²) in [7, 11) is 0. The number of aromatic nitrogens is 2. The molecule has 0 spiro atoms. The lowest BCUT2D eigenvalue weighted by atomic mass is 10.0. The zero-order valence-electron chi connectivity index (χ0n) is 9.95. The summed E-state index contributed by atoms with van der Waals surface area (Å²) in [6, 6.07) is 5.72. The third kappa shape index (κ3) is 2.23. The highest BCUT2D eigenvalue weighted by molar-refractivity contribution is 9.10. The van der Waals surface area contributed by atoms with Gasteiger partial charge in [-0.3, -0.25) is 4.79 Å². The van der Waals surface area contributed by atoms with Crippen molar-refractivity contribution >= 4 is 44.3 Å².